The highest BCUT2D eigenvalue weighted by Crippen LogP contribution is 2.21. The summed E-state index contributed by atoms with van der Waals surface area (Å²) in [7, 11) is 0. The normalized spacial score (nSPS) is 12.2. The van der Waals surface area contributed by atoms with Crippen LogP contribution in [-0.2, 0) is 4.79 Å². The predicted octanol–water partition coefficient (Wildman–Crippen LogP) is 14.4. The molecule has 0 aliphatic heterocycles. The molecule has 2 heteroatoms. The molecule has 0 fully saturated rings. The van der Waals surface area contributed by atoms with Crippen LogP contribution >= 0.6 is 0 Å². The van der Waals surface area contributed by atoms with E-state index in [2.05, 4.69) is 13.8 Å². The molecule has 0 rings (SSSR count). The van der Waals surface area contributed by atoms with Crippen molar-refractivity contribution in [1.29, 1.82) is 0 Å². The lowest BCUT2D eigenvalue weighted by Crippen LogP contribution is -2.13. The maximum Gasteiger partial charge on any atom is 0.306 e. The van der Waals surface area contributed by atoms with E-state index >= 15 is 0 Å². The Hall–Kier alpha value is -0.530. The van der Waals surface area contributed by atoms with Gasteiger partial charge in [-0.2, -0.15) is 0 Å². The highest BCUT2D eigenvalue weighted by atomic mass is 16.4. The number of carboxylic acid groups (broad SMARTS) is 1. The van der Waals surface area contributed by atoms with E-state index in [1.165, 1.54) is 199 Å². The number of hydrogen-bond acceptors (Lipinski definition) is 1. The molecule has 2 nitrogen and oxygen atoms in total. The van der Waals surface area contributed by atoms with Gasteiger partial charge in [-0.25, -0.2) is 0 Å². The van der Waals surface area contributed by atoms with Crippen LogP contribution in [0, 0.1) is 5.92 Å². The van der Waals surface area contributed by atoms with Crippen molar-refractivity contribution >= 4 is 5.97 Å². The van der Waals surface area contributed by atoms with Crippen LogP contribution in [0.1, 0.15) is 239 Å². The molecule has 0 bridgehead atoms. The zero-order valence-electron chi connectivity index (χ0n) is 28.7. The summed E-state index contributed by atoms with van der Waals surface area (Å²) in [6, 6.07) is 0. The van der Waals surface area contributed by atoms with E-state index < -0.39 is 5.97 Å². The first-order chi connectivity index (χ1) is 20.2. The summed E-state index contributed by atoms with van der Waals surface area (Å²) >= 11 is 0. The predicted molar refractivity (Wildman–Crippen MR) is 184 cm³/mol. The summed E-state index contributed by atoms with van der Waals surface area (Å²) < 4.78 is 0. The van der Waals surface area contributed by atoms with Crippen molar-refractivity contribution in [3.8, 4) is 0 Å². The Bertz CT molecular complexity index is 488. The maximum absolute atomic E-state index is 11.7. The molecular formula is C39H78O2. The van der Waals surface area contributed by atoms with Crippen LogP contribution < -0.4 is 0 Å². The number of unbranched alkanes of at least 4 members (excludes halogenated alkanes) is 31. The second-order valence-electron chi connectivity index (χ2n) is 13.6. The molecule has 0 saturated heterocycles. The molecule has 0 saturated carbocycles. The van der Waals surface area contributed by atoms with Crippen molar-refractivity contribution in [3.05, 3.63) is 0 Å². The largest absolute Gasteiger partial charge is 0.481 e. The Morgan fingerprint density at radius 3 is 0.683 bits per heavy atom. The summed E-state index contributed by atoms with van der Waals surface area (Å²) in [5.74, 6) is -0.652. The van der Waals surface area contributed by atoms with E-state index in [9.17, 15) is 9.90 Å². The monoisotopic (exact) mass is 579 g/mol. The fourth-order valence-electron chi connectivity index (χ4n) is 6.45. The maximum atomic E-state index is 11.7. The van der Waals surface area contributed by atoms with Gasteiger partial charge < -0.3 is 5.11 Å². The molecule has 0 aliphatic rings. The van der Waals surface area contributed by atoms with Crippen LogP contribution in [0.2, 0.25) is 0 Å². The molecule has 41 heavy (non-hydrogen) atoms. The summed E-state index contributed by atoms with van der Waals surface area (Å²) in [6.07, 6.45) is 47.2. The average Bonchev–Trinajstić information content (AvgIpc) is 2.97. The number of carboxylic acids is 1. The highest BCUT2D eigenvalue weighted by Gasteiger charge is 2.16. The molecule has 0 aromatic heterocycles. The van der Waals surface area contributed by atoms with Gasteiger partial charge in [-0.1, -0.05) is 226 Å². The van der Waals surface area contributed by atoms with Gasteiger partial charge in [0, 0.05) is 0 Å². The van der Waals surface area contributed by atoms with Crippen LogP contribution in [0.25, 0.3) is 0 Å². The third-order valence-electron chi connectivity index (χ3n) is 9.41. The smallest absolute Gasteiger partial charge is 0.306 e. The second-order valence-corrected chi connectivity index (χ2v) is 13.6. The molecule has 1 atom stereocenters. The van der Waals surface area contributed by atoms with Crippen LogP contribution in [0.5, 0.6) is 0 Å². The van der Waals surface area contributed by atoms with Crippen LogP contribution in [0.3, 0.4) is 0 Å². The summed E-state index contributed by atoms with van der Waals surface area (Å²) in [5.41, 5.74) is 0. The SMILES string of the molecule is CCCCCCCCCCCCCCCCCCCC(CCCCCCCCCCCCCCCCCC)C(=O)O. The number of hydrogen-bond donors (Lipinski definition) is 1. The molecule has 1 N–H and O–H groups in total. The third-order valence-corrected chi connectivity index (χ3v) is 9.41. The lowest BCUT2D eigenvalue weighted by Gasteiger charge is -2.12. The summed E-state index contributed by atoms with van der Waals surface area (Å²) in [5, 5.41) is 9.63. The minimum atomic E-state index is -0.553. The molecule has 0 aromatic carbocycles. The molecular weight excluding hydrogens is 500 g/mol. The van der Waals surface area contributed by atoms with Crippen LogP contribution in [0.4, 0.5) is 0 Å². The summed E-state index contributed by atoms with van der Waals surface area (Å²) in [4.78, 5) is 11.7. The lowest BCUT2D eigenvalue weighted by molar-refractivity contribution is -0.142. The van der Waals surface area contributed by atoms with Gasteiger partial charge in [-0.15, -0.1) is 0 Å². The first kappa shape index (κ1) is 40.5. The Morgan fingerprint density at radius 1 is 0.341 bits per heavy atom. The van der Waals surface area contributed by atoms with Gasteiger partial charge in [0.15, 0.2) is 0 Å². The average molecular weight is 579 g/mol. The van der Waals surface area contributed by atoms with Crippen molar-refractivity contribution < 1.29 is 9.90 Å². The minimum Gasteiger partial charge on any atom is -0.481 e. The van der Waals surface area contributed by atoms with Crippen molar-refractivity contribution in [3.63, 3.8) is 0 Å². The van der Waals surface area contributed by atoms with E-state index in [0.717, 1.165) is 25.7 Å². The molecule has 0 amide bonds. The highest BCUT2D eigenvalue weighted by molar-refractivity contribution is 5.69. The van der Waals surface area contributed by atoms with Gasteiger partial charge in [0.2, 0.25) is 0 Å². The fourth-order valence-corrected chi connectivity index (χ4v) is 6.45. The molecule has 0 spiro atoms. The zero-order chi connectivity index (χ0) is 29.9. The van der Waals surface area contributed by atoms with E-state index in [1.54, 1.807) is 0 Å². The van der Waals surface area contributed by atoms with E-state index in [4.69, 9.17) is 0 Å². The molecule has 1 unspecified atom stereocenters. The molecule has 0 heterocycles. The van der Waals surface area contributed by atoms with Gasteiger partial charge in [0.25, 0.3) is 0 Å². The van der Waals surface area contributed by atoms with Crippen molar-refractivity contribution in [2.75, 3.05) is 0 Å². The first-order valence-corrected chi connectivity index (χ1v) is 19.4. The van der Waals surface area contributed by atoms with Gasteiger partial charge in [-0.05, 0) is 12.8 Å². The van der Waals surface area contributed by atoms with Gasteiger partial charge >= 0.3 is 5.97 Å². The standard InChI is InChI=1S/C39H78O2/c1-3-5-7-9-11-13-15-17-19-21-23-25-27-29-31-33-35-37-38(39(40)41)36-34-32-30-28-26-24-22-20-18-16-14-12-10-8-6-4-2/h38H,3-37H2,1-2H3,(H,40,41). The molecule has 0 radical (unpaired) electrons. The second kappa shape index (κ2) is 35.7. The number of carbonyl (C=O) groups is 1. The first-order valence-electron chi connectivity index (χ1n) is 19.4. The molecule has 0 aromatic rings. The van der Waals surface area contributed by atoms with Crippen LogP contribution in [-0.4, -0.2) is 11.1 Å². The van der Waals surface area contributed by atoms with Crippen LogP contribution in [0.15, 0.2) is 0 Å². The van der Waals surface area contributed by atoms with Gasteiger partial charge in [-0.3, -0.25) is 4.79 Å². The minimum absolute atomic E-state index is 0.0991. The van der Waals surface area contributed by atoms with E-state index in [1.807, 2.05) is 0 Å². The van der Waals surface area contributed by atoms with Gasteiger partial charge in [0.1, 0.15) is 0 Å². The molecule has 0 aliphatic carbocycles. The van der Waals surface area contributed by atoms with Crippen molar-refractivity contribution in [2.24, 2.45) is 5.92 Å². The Kier molecular flexibility index (Phi) is 35.2. The third kappa shape index (κ3) is 33.8. The topological polar surface area (TPSA) is 37.3 Å². The Labute approximate surface area is 260 Å². The van der Waals surface area contributed by atoms with Crippen molar-refractivity contribution in [1.82, 2.24) is 0 Å². The van der Waals surface area contributed by atoms with E-state index in [-0.39, 0.29) is 5.92 Å². The lowest BCUT2D eigenvalue weighted by atomic mass is 9.94. The Morgan fingerprint density at radius 2 is 0.512 bits per heavy atom. The zero-order valence-corrected chi connectivity index (χ0v) is 28.7. The molecule has 246 valence electrons. The summed E-state index contributed by atoms with van der Waals surface area (Å²) in [6.45, 7) is 4.58. The van der Waals surface area contributed by atoms with E-state index in [0.29, 0.717) is 0 Å². The number of aliphatic carboxylic acids is 1. The van der Waals surface area contributed by atoms with Gasteiger partial charge in [0.05, 0.1) is 5.92 Å². The Balaban J connectivity index is 3.37. The quantitative estimate of drug-likeness (QED) is 0.0751. The van der Waals surface area contributed by atoms with Crippen molar-refractivity contribution in [2.45, 2.75) is 239 Å². The number of rotatable bonds is 36. The fraction of sp³-hybridized carbons (Fsp3) is 0.974.